The van der Waals surface area contributed by atoms with Gasteiger partial charge in [-0.25, -0.2) is 9.97 Å². The molecule has 0 aliphatic carbocycles. The van der Waals surface area contributed by atoms with Gasteiger partial charge in [0.05, 0.1) is 0 Å². The molecule has 4 aromatic rings. The monoisotopic (exact) mass is 632 g/mol. The van der Waals surface area contributed by atoms with Gasteiger partial charge in [-0.15, -0.1) is 0 Å². The van der Waals surface area contributed by atoms with Crippen LogP contribution in [0.5, 0.6) is 0 Å². The minimum absolute atomic E-state index is 0.0949. The minimum atomic E-state index is 0.0949. The first-order chi connectivity index (χ1) is 21.0. The third-order valence-electron chi connectivity index (χ3n) is 7.93. The Kier molecular flexibility index (Phi) is 9.68. The summed E-state index contributed by atoms with van der Waals surface area (Å²) in [6.07, 6.45) is 0. The molecule has 10 heteroatoms. The Balaban J connectivity index is 0.992. The second kappa shape index (κ2) is 14.0. The fourth-order valence-electron chi connectivity index (χ4n) is 5.48. The molecule has 1 amide bonds. The number of thioether (sulfide) groups is 1. The second-order valence-electron chi connectivity index (χ2n) is 10.8. The quantitative estimate of drug-likeness (QED) is 0.127. The van der Waals surface area contributed by atoms with Crippen LogP contribution in [0.1, 0.15) is 21.5 Å². The molecular formula is C33H34Cl2N6OS. The van der Waals surface area contributed by atoms with Crippen molar-refractivity contribution in [2.24, 2.45) is 0 Å². The van der Waals surface area contributed by atoms with Crippen LogP contribution in [0.25, 0.3) is 0 Å². The second-order valence-corrected chi connectivity index (χ2v) is 12.6. The van der Waals surface area contributed by atoms with Gasteiger partial charge in [0.25, 0.3) is 5.91 Å². The molecule has 2 aliphatic heterocycles. The van der Waals surface area contributed by atoms with Crippen molar-refractivity contribution in [1.82, 2.24) is 19.8 Å². The van der Waals surface area contributed by atoms with Crippen LogP contribution in [-0.2, 0) is 12.3 Å². The van der Waals surface area contributed by atoms with Crippen LogP contribution < -0.4 is 9.80 Å². The standard InChI is InChI=1S/C33H34Cl2N6OS/c34-28-10-12-29(13-11-28)39-18-20-40(21-19-39)31-22-30(35)36-33(37-31)43-24-26-6-8-27(9-7-26)32(42)41-16-14-38(15-17-41)23-25-4-2-1-3-5-25/h1-13,22H,14-21,23-24H2. The Labute approximate surface area is 267 Å². The fraction of sp³-hybridized carbons (Fsp3) is 0.303. The van der Waals surface area contributed by atoms with E-state index in [-0.39, 0.29) is 5.91 Å². The average molecular weight is 634 g/mol. The van der Waals surface area contributed by atoms with Crippen molar-refractivity contribution in [2.75, 3.05) is 62.2 Å². The molecule has 0 atom stereocenters. The summed E-state index contributed by atoms with van der Waals surface area (Å²) in [6.45, 7) is 7.65. The molecule has 0 radical (unpaired) electrons. The van der Waals surface area contributed by atoms with Crippen molar-refractivity contribution in [1.29, 1.82) is 0 Å². The number of nitrogens with zero attached hydrogens (tertiary/aromatic N) is 6. The molecule has 2 aliphatic rings. The summed E-state index contributed by atoms with van der Waals surface area (Å²) >= 11 is 14.0. The van der Waals surface area contributed by atoms with Gasteiger partial charge >= 0.3 is 0 Å². The molecule has 3 aromatic carbocycles. The Hall–Kier alpha value is -3.30. The van der Waals surface area contributed by atoms with E-state index in [0.717, 1.165) is 80.9 Å². The van der Waals surface area contributed by atoms with Crippen LogP contribution in [0.4, 0.5) is 11.5 Å². The summed E-state index contributed by atoms with van der Waals surface area (Å²) in [4.78, 5) is 31.4. The predicted octanol–water partition coefficient (Wildman–Crippen LogP) is 6.36. The molecule has 2 saturated heterocycles. The van der Waals surface area contributed by atoms with E-state index >= 15 is 0 Å². The van der Waals surface area contributed by atoms with Crippen molar-refractivity contribution in [3.05, 3.63) is 112 Å². The van der Waals surface area contributed by atoms with Crippen molar-refractivity contribution < 1.29 is 4.79 Å². The van der Waals surface area contributed by atoms with Crippen LogP contribution in [0.3, 0.4) is 0 Å². The van der Waals surface area contributed by atoms with E-state index in [9.17, 15) is 4.79 Å². The van der Waals surface area contributed by atoms with E-state index in [1.54, 1.807) is 11.8 Å². The number of carbonyl (C=O) groups excluding carboxylic acids is 1. The molecule has 43 heavy (non-hydrogen) atoms. The molecular weight excluding hydrogens is 599 g/mol. The first kappa shape index (κ1) is 29.8. The molecule has 0 N–H and O–H groups in total. The number of carbonyl (C=O) groups is 1. The van der Waals surface area contributed by atoms with Crippen LogP contribution in [0, 0.1) is 0 Å². The van der Waals surface area contributed by atoms with E-state index < -0.39 is 0 Å². The fourth-order valence-corrected chi connectivity index (χ4v) is 6.65. The first-order valence-electron chi connectivity index (χ1n) is 14.6. The number of anilines is 2. The van der Waals surface area contributed by atoms with Crippen molar-refractivity contribution in [3.8, 4) is 0 Å². The third-order valence-corrected chi connectivity index (χ3v) is 9.30. The summed E-state index contributed by atoms with van der Waals surface area (Å²) in [5.41, 5.74) is 4.32. The maximum Gasteiger partial charge on any atom is 0.253 e. The van der Waals surface area contributed by atoms with Crippen molar-refractivity contribution in [3.63, 3.8) is 0 Å². The number of amides is 1. The van der Waals surface area contributed by atoms with Crippen LogP contribution in [0.15, 0.2) is 90.1 Å². The van der Waals surface area contributed by atoms with Gasteiger partial charge in [-0.1, -0.05) is 77.4 Å². The van der Waals surface area contributed by atoms with Gasteiger partial charge in [0.15, 0.2) is 5.16 Å². The molecule has 0 bridgehead atoms. The number of aromatic nitrogens is 2. The molecule has 0 spiro atoms. The largest absolute Gasteiger partial charge is 0.368 e. The number of piperazine rings is 2. The lowest BCUT2D eigenvalue weighted by Crippen LogP contribution is -2.48. The van der Waals surface area contributed by atoms with Crippen LogP contribution in [-0.4, -0.2) is 78.0 Å². The first-order valence-corrected chi connectivity index (χ1v) is 16.3. The van der Waals surface area contributed by atoms with E-state index in [4.69, 9.17) is 28.2 Å². The molecule has 3 heterocycles. The van der Waals surface area contributed by atoms with Crippen LogP contribution >= 0.6 is 35.0 Å². The van der Waals surface area contributed by atoms with Crippen molar-refractivity contribution >= 4 is 52.4 Å². The number of hydrogen-bond donors (Lipinski definition) is 0. The molecule has 1 aromatic heterocycles. The molecule has 2 fully saturated rings. The summed E-state index contributed by atoms with van der Waals surface area (Å²) in [5.74, 6) is 1.64. The Bertz CT molecular complexity index is 1510. The van der Waals surface area contributed by atoms with E-state index in [2.05, 4.69) is 56.1 Å². The Morgan fingerprint density at radius 3 is 2.09 bits per heavy atom. The van der Waals surface area contributed by atoms with Gasteiger partial charge in [0.2, 0.25) is 0 Å². The normalized spacial score (nSPS) is 16.0. The topological polar surface area (TPSA) is 55.8 Å². The van der Waals surface area contributed by atoms with Gasteiger partial charge in [0.1, 0.15) is 11.0 Å². The summed E-state index contributed by atoms with van der Waals surface area (Å²) in [7, 11) is 0. The molecule has 6 rings (SSSR count). The van der Waals surface area contributed by atoms with E-state index in [1.807, 2.05) is 53.4 Å². The van der Waals surface area contributed by atoms with E-state index in [0.29, 0.717) is 16.1 Å². The maximum absolute atomic E-state index is 13.1. The lowest BCUT2D eigenvalue weighted by molar-refractivity contribution is 0.0628. The summed E-state index contributed by atoms with van der Waals surface area (Å²) in [5, 5.41) is 1.84. The Morgan fingerprint density at radius 2 is 1.40 bits per heavy atom. The number of rotatable bonds is 8. The van der Waals surface area contributed by atoms with Gasteiger partial charge in [-0.3, -0.25) is 9.69 Å². The minimum Gasteiger partial charge on any atom is -0.368 e. The van der Waals surface area contributed by atoms with Gasteiger partial charge in [-0.2, -0.15) is 0 Å². The molecule has 0 unspecified atom stereocenters. The van der Waals surface area contributed by atoms with Gasteiger partial charge < -0.3 is 14.7 Å². The Morgan fingerprint density at radius 1 is 0.721 bits per heavy atom. The molecule has 7 nitrogen and oxygen atoms in total. The predicted molar refractivity (Wildman–Crippen MR) is 177 cm³/mol. The summed E-state index contributed by atoms with van der Waals surface area (Å²) < 4.78 is 0. The number of hydrogen-bond acceptors (Lipinski definition) is 7. The summed E-state index contributed by atoms with van der Waals surface area (Å²) in [6, 6.07) is 28.2. The number of benzene rings is 3. The van der Waals surface area contributed by atoms with Crippen LogP contribution in [0.2, 0.25) is 10.2 Å². The molecule has 222 valence electrons. The average Bonchev–Trinajstić information content (AvgIpc) is 3.05. The third kappa shape index (κ3) is 7.81. The highest BCUT2D eigenvalue weighted by molar-refractivity contribution is 7.98. The smallest absolute Gasteiger partial charge is 0.253 e. The van der Waals surface area contributed by atoms with Gasteiger partial charge in [0, 0.05) is 87.0 Å². The zero-order chi connectivity index (χ0) is 29.6. The van der Waals surface area contributed by atoms with Crippen molar-refractivity contribution in [2.45, 2.75) is 17.5 Å². The highest BCUT2D eigenvalue weighted by Gasteiger charge is 2.23. The maximum atomic E-state index is 13.1. The zero-order valence-corrected chi connectivity index (χ0v) is 26.2. The highest BCUT2D eigenvalue weighted by atomic mass is 35.5. The highest BCUT2D eigenvalue weighted by Crippen LogP contribution is 2.27. The van der Waals surface area contributed by atoms with Gasteiger partial charge in [-0.05, 0) is 47.5 Å². The lowest BCUT2D eigenvalue weighted by Gasteiger charge is -2.36. The lowest BCUT2D eigenvalue weighted by atomic mass is 10.1. The SMILES string of the molecule is O=C(c1ccc(CSc2nc(Cl)cc(N3CCN(c4ccc(Cl)cc4)CC3)n2)cc1)N1CCN(Cc2ccccc2)CC1. The molecule has 0 saturated carbocycles. The zero-order valence-electron chi connectivity index (χ0n) is 23.9. The van der Waals surface area contributed by atoms with E-state index in [1.165, 1.54) is 11.3 Å². The number of halogens is 2.